The largest absolute Gasteiger partial charge is 0.340 e. The predicted molar refractivity (Wildman–Crippen MR) is 101 cm³/mol. The summed E-state index contributed by atoms with van der Waals surface area (Å²) in [6.07, 6.45) is 2.67. The second-order valence-electron chi connectivity index (χ2n) is 7.16. The van der Waals surface area contributed by atoms with Crippen LogP contribution in [0.1, 0.15) is 36.5 Å². The molecule has 2 heterocycles. The van der Waals surface area contributed by atoms with Crippen LogP contribution in [-0.2, 0) is 4.79 Å². The Balaban J connectivity index is 0.00000225. The van der Waals surface area contributed by atoms with E-state index < -0.39 is 5.54 Å². The molecule has 3 rings (SSSR count). The normalized spacial score (nSPS) is 25.8. The number of hydrogen-bond donors (Lipinski definition) is 1. The molecule has 2 amide bonds. The van der Waals surface area contributed by atoms with E-state index in [1.807, 2.05) is 49.2 Å². The van der Waals surface area contributed by atoms with E-state index in [4.69, 9.17) is 0 Å². The molecule has 0 aliphatic carbocycles. The highest BCUT2D eigenvalue weighted by Gasteiger charge is 2.48. The minimum absolute atomic E-state index is 0. The first-order chi connectivity index (χ1) is 11.6. The third-order valence-corrected chi connectivity index (χ3v) is 5.43. The standard InChI is InChI=1S/C19H27N3O2.ClH/c1-19(18(24)21-12-9-15(14-21)13-20-2)10-6-11-22(19)17(23)16-7-4-3-5-8-16;/h3-5,7-8,15,20H,6,9-14H2,1-2H3;1H. The molecule has 2 fully saturated rings. The highest BCUT2D eigenvalue weighted by atomic mass is 35.5. The van der Waals surface area contributed by atoms with Crippen LogP contribution in [0.3, 0.4) is 0 Å². The molecule has 1 N–H and O–H groups in total. The number of halogens is 1. The average molecular weight is 366 g/mol. The van der Waals surface area contributed by atoms with Gasteiger partial charge in [0.15, 0.2) is 0 Å². The molecular weight excluding hydrogens is 338 g/mol. The molecule has 2 atom stereocenters. The number of nitrogens with one attached hydrogen (secondary N) is 1. The topological polar surface area (TPSA) is 52.7 Å². The average Bonchev–Trinajstić information content (AvgIpc) is 3.22. The van der Waals surface area contributed by atoms with E-state index in [0.29, 0.717) is 18.0 Å². The molecule has 2 unspecified atom stereocenters. The van der Waals surface area contributed by atoms with Crippen molar-refractivity contribution in [2.75, 3.05) is 33.2 Å². The van der Waals surface area contributed by atoms with Crippen molar-refractivity contribution in [2.24, 2.45) is 5.92 Å². The lowest BCUT2D eigenvalue weighted by Crippen LogP contribution is -2.56. The Kier molecular flexibility index (Phi) is 6.47. The summed E-state index contributed by atoms with van der Waals surface area (Å²) in [6, 6.07) is 9.28. The SMILES string of the molecule is CNCC1CCN(C(=O)C2(C)CCCN2C(=O)c2ccccc2)C1.Cl. The third-order valence-electron chi connectivity index (χ3n) is 5.43. The number of nitrogens with zero attached hydrogens (tertiary/aromatic N) is 2. The maximum absolute atomic E-state index is 13.2. The van der Waals surface area contributed by atoms with Crippen molar-refractivity contribution in [3.8, 4) is 0 Å². The number of carbonyl (C=O) groups excluding carboxylic acids is 2. The fourth-order valence-corrected chi connectivity index (χ4v) is 4.06. The number of hydrogen-bond acceptors (Lipinski definition) is 3. The molecule has 0 saturated carbocycles. The van der Waals surface area contributed by atoms with Gasteiger partial charge in [-0.05, 0) is 57.8 Å². The lowest BCUT2D eigenvalue weighted by Gasteiger charge is -2.37. The third kappa shape index (κ3) is 3.82. The Morgan fingerprint density at radius 1 is 1.24 bits per heavy atom. The van der Waals surface area contributed by atoms with Crippen molar-refractivity contribution in [3.05, 3.63) is 35.9 Å². The van der Waals surface area contributed by atoms with Gasteiger partial charge >= 0.3 is 0 Å². The van der Waals surface area contributed by atoms with Gasteiger partial charge in [0.1, 0.15) is 5.54 Å². The van der Waals surface area contributed by atoms with E-state index in [1.54, 1.807) is 4.90 Å². The number of rotatable bonds is 4. The zero-order valence-corrected chi connectivity index (χ0v) is 15.8. The molecule has 2 saturated heterocycles. The second kappa shape index (κ2) is 8.19. The molecule has 5 nitrogen and oxygen atoms in total. The molecule has 2 aliphatic rings. The van der Waals surface area contributed by atoms with E-state index in [-0.39, 0.29) is 24.2 Å². The Morgan fingerprint density at radius 2 is 1.96 bits per heavy atom. The van der Waals surface area contributed by atoms with Crippen LogP contribution in [0.2, 0.25) is 0 Å². The summed E-state index contributed by atoms with van der Waals surface area (Å²) in [6.45, 7) is 5.13. The predicted octanol–water partition coefficient (Wildman–Crippen LogP) is 2.17. The van der Waals surface area contributed by atoms with E-state index in [9.17, 15) is 9.59 Å². The quantitative estimate of drug-likeness (QED) is 0.889. The van der Waals surface area contributed by atoms with Gasteiger partial charge in [0.05, 0.1) is 0 Å². The van der Waals surface area contributed by atoms with Crippen molar-refractivity contribution in [1.29, 1.82) is 0 Å². The van der Waals surface area contributed by atoms with Crippen LogP contribution in [-0.4, -0.2) is 60.4 Å². The highest BCUT2D eigenvalue weighted by Crippen LogP contribution is 2.34. The lowest BCUT2D eigenvalue weighted by molar-refractivity contribution is -0.139. The molecule has 6 heteroatoms. The van der Waals surface area contributed by atoms with Gasteiger partial charge in [-0.2, -0.15) is 0 Å². The molecule has 1 aromatic carbocycles. The lowest BCUT2D eigenvalue weighted by atomic mass is 9.96. The molecule has 0 aromatic heterocycles. The van der Waals surface area contributed by atoms with E-state index >= 15 is 0 Å². The summed E-state index contributed by atoms with van der Waals surface area (Å²) in [5, 5.41) is 3.19. The van der Waals surface area contributed by atoms with Crippen molar-refractivity contribution in [2.45, 2.75) is 31.7 Å². The summed E-state index contributed by atoms with van der Waals surface area (Å²) in [5.74, 6) is 0.597. The second-order valence-corrected chi connectivity index (χ2v) is 7.16. The van der Waals surface area contributed by atoms with Crippen LogP contribution in [0.5, 0.6) is 0 Å². The number of benzene rings is 1. The van der Waals surface area contributed by atoms with Gasteiger partial charge in [-0.15, -0.1) is 12.4 Å². The van der Waals surface area contributed by atoms with Gasteiger partial charge in [0, 0.05) is 25.2 Å². The Morgan fingerprint density at radius 3 is 2.64 bits per heavy atom. The Labute approximate surface area is 156 Å². The zero-order valence-electron chi connectivity index (χ0n) is 15.0. The van der Waals surface area contributed by atoms with Crippen molar-refractivity contribution in [1.82, 2.24) is 15.1 Å². The van der Waals surface area contributed by atoms with Gasteiger partial charge in [-0.25, -0.2) is 0 Å². The molecule has 25 heavy (non-hydrogen) atoms. The van der Waals surface area contributed by atoms with E-state index in [1.165, 1.54) is 0 Å². The number of amides is 2. The highest BCUT2D eigenvalue weighted by molar-refractivity contribution is 5.99. The van der Waals surface area contributed by atoms with Gasteiger partial charge in [0.2, 0.25) is 5.91 Å². The Bertz CT molecular complexity index is 610. The zero-order chi connectivity index (χ0) is 17.2. The van der Waals surface area contributed by atoms with Gasteiger partial charge in [0.25, 0.3) is 5.91 Å². The minimum atomic E-state index is -0.707. The first-order valence-corrected chi connectivity index (χ1v) is 8.87. The van der Waals surface area contributed by atoms with Crippen LogP contribution in [0.4, 0.5) is 0 Å². The van der Waals surface area contributed by atoms with Crippen LogP contribution in [0, 0.1) is 5.92 Å². The number of likely N-dealkylation sites (tertiary alicyclic amines) is 2. The fraction of sp³-hybridized carbons (Fsp3) is 0.579. The monoisotopic (exact) mass is 365 g/mol. The number of carbonyl (C=O) groups is 2. The van der Waals surface area contributed by atoms with Gasteiger partial charge < -0.3 is 15.1 Å². The molecule has 138 valence electrons. The molecule has 0 spiro atoms. The van der Waals surface area contributed by atoms with Crippen LogP contribution < -0.4 is 5.32 Å². The van der Waals surface area contributed by atoms with Crippen LogP contribution in [0.25, 0.3) is 0 Å². The maximum Gasteiger partial charge on any atom is 0.254 e. The summed E-state index contributed by atoms with van der Waals surface area (Å²) in [4.78, 5) is 29.8. The minimum Gasteiger partial charge on any atom is -0.340 e. The summed E-state index contributed by atoms with van der Waals surface area (Å²) < 4.78 is 0. The molecule has 0 radical (unpaired) electrons. The molecule has 1 aromatic rings. The van der Waals surface area contributed by atoms with Crippen molar-refractivity contribution < 1.29 is 9.59 Å². The van der Waals surface area contributed by atoms with E-state index in [2.05, 4.69) is 5.32 Å². The molecular formula is C19H28ClN3O2. The van der Waals surface area contributed by atoms with Crippen LogP contribution in [0.15, 0.2) is 30.3 Å². The summed E-state index contributed by atoms with van der Waals surface area (Å²) >= 11 is 0. The molecule has 0 bridgehead atoms. The fourth-order valence-electron chi connectivity index (χ4n) is 4.06. The van der Waals surface area contributed by atoms with Gasteiger partial charge in [-0.1, -0.05) is 18.2 Å². The van der Waals surface area contributed by atoms with Crippen LogP contribution >= 0.6 is 12.4 Å². The van der Waals surface area contributed by atoms with E-state index in [0.717, 1.165) is 38.9 Å². The van der Waals surface area contributed by atoms with Gasteiger partial charge in [-0.3, -0.25) is 9.59 Å². The smallest absolute Gasteiger partial charge is 0.254 e. The van der Waals surface area contributed by atoms with Crippen molar-refractivity contribution in [3.63, 3.8) is 0 Å². The first kappa shape index (κ1) is 19.7. The molecule has 2 aliphatic heterocycles. The first-order valence-electron chi connectivity index (χ1n) is 8.87. The summed E-state index contributed by atoms with van der Waals surface area (Å²) in [5.41, 5.74) is -0.0468. The van der Waals surface area contributed by atoms with Crippen molar-refractivity contribution >= 4 is 24.2 Å². The Hall–Kier alpha value is -1.59. The maximum atomic E-state index is 13.2. The summed E-state index contributed by atoms with van der Waals surface area (Å²) in [7, 11) is 1.95.